The Kier molecular flexibility index (Phi) is 6.98. The van der Waals surface area contributed by atoms with Gasteiger partial charge in [0.25, 0.3) is 11.5 Å². The molecule has 0 aliphatic carbocycles. The average molecular weight is 441 g/mol. The van der Waals surface area contributed by atoms with Crippen LogP contribution in [0.5, 0.6) is 0 Å². The molecule has 0 unspecified atom stereocenters. The van der Waals surface area contributed by atoms with Crippen molar-refractivity contribution in [3.63, 3.8) is 0 Å². The van der Waals surface area contributed by atoms with Crippen LogP contribution in [0.1, 0.15) is 29.3 Å². The number of nitrogens with one attached hydrogen (secondary N) is 3. The highest BCUT2D eigenvalue weighted by Gasteiger charge is 2.13. The number of hydrogen-bond donors (Lipinski definition) is 3. The van der Waals surface area contributed by atoms with E-state index >= 15 is 0 Å². The first-order valence-electron chi connectivity index (χ1n) is 9.75. The molecule has 0 atom stereocenters. The lowest BCUT2D eigenvalue weighted by atomic mass is 10.1. The van der Waals surface area contributed by atoms with Crippen LogP contribution in [0.15, 0.2) is 41.2 Å². The minimum absolute atomic E-state index is 0.214. The number of anilines is 2. The number of methoxy groups -OCH3 is 1. The molecule has 1 aromatic heterocycles. The summed E-state index contributed by atoms with van der Waals surface area (Å²) in [4.78, 5) is 40.1. The number of carbonyl (C=O) groups excluding carboxylic acids is 2. The van der Waals surface area contributed by atoms with Crippen molar-refractivity contribution in [3.8, 4) is 0 Å². The maximum atomic E-state index is 12.9. The number of benzene rings is 2. The van der Waals surface area contributed by atoms with Crippen LogP contribution < -0.4 is 16.2 Å². The number of hydrogen-bond acceptors (Lipinski definition) is 5. The number of rotatable bonds is 7. The second-order valence-electron chi connectivity index (χ2n) is 7.18. The molecule has 3 aromatic rings. The second kappa shape index (κ2) is 9.67. The van der Waals surface area contributed by atoms with E-state index in [1.165, 1.54) is 11.5 Å². The molecule has 0 saturated carbocycles. The van der Waals surface area contributed by atoms with E-state index in [9.17, 15) is 14.4 Å². The van der Waals surface area contributed by atoms with Crippen molar-refractivity contribution < 1.29 is 14.3 Å². The van der Waals surface area contributed by atoms with Gasteiger partial charge in [-0.2, -0.15) is 0 Å². The summed E-state index contributed by atoms with van der Waals surface area (Å²) < 4.78 is 6.81. The standard InChI is InChI=1S/C22H24N4O4S/c1-13-5-8-17(23-14(2)27)19(11-13)24-20(28)15-6-7-16-18(12-15)25-22(31)26(21(16)29)9-4-10-30-3/h5-8,11-12H,4,9-10H2,1-3H3,(H,23,27)(H,24,28)(H,25,31). The SMILES string of the molecule is COCCCn1c(=S)[nH]c2cc(C(=O)Nc3cc(C)ccc3NC(C)=O)ccc2c1=O. The Morgan fingerprint density at radius 1 is 1.13 bits per heavy atom. The molecular formula is C22H24N4O4S. The van der Waals surface area contributed by atoms with E-state index in [0.717, 1.165) is 5.56 Å². The van der Waals surface area contributed by atoms with Crippen LogP contribution in [0, 0.1) is 11.7 Å². The van der Waals surface area contributed by atoms with Gasteiger partial charge in [-0.1, -0.05) is 6.07 Å². The second-order valence-corrected chi connectivity index (χ2v) is 7.56. The molecular weight excluding hydrogens is 416 g/mol. The van der Waals surface area contributed by atoms with Crippen LogP contribution in [-0.4, -0.2) is 35.1 Å². The molecule has 0 aliphatic rings. The van der Waals surface area contributed by atoms with E-state index in [-0.39, 0.29) is 22.1 Å². The Bertz CT molecular complexity index is 1260. The molecule has 9 heteroatoms. The van der Waals surface area contributed by atoms with Crippen LogP contribution in [-0.2, 0) is 16.1 Å². The van der Waals surface area contributed by atoms with Crippen molar-refractivity contribution in [3.05, 3.63) is 62.6 Å². The van der Waals surface area contributed by atoms with Gasteiger partial charge in [-0.15, -0.1) is 0 Å². The van der Waals surface area contributed by atoms with Gasteiger partial charge >= 0.3 is 0 Å². The molecule has 31 heavy (non-hydrogen) atoms. The van der Waals surface area contributed by atoms with Gasteiger partial charge in [0.2, 0.25) is 5.91 Å². The van der Waals surface area contributed by atoms with Gasteiger partial charge in [0.05, 0.1) is 22.3 Å². The van der Waals surface area contributed by atoms with Gasteiger partial charge in [-0.25, -0.2) is 0 Å². The summed E-state index contributed by atoms with van der Waals surface area (Å²) in [5, 5.41) is 5.97. The van der Waals surface area contributed by atoms with Crippen LogP contribution >= 0.6 is 12.2 Å². The third-order valence-electron chi connectivity index (χ3n) is 4.71. The highest BCUT2D eigenvalue weighted by molar-refractivity contribution is 7.71. The maximum Gasteiger partial charge on any atom is 0.262 e. The summed E-state index contributed by atoms with van der Waals surface area (Å²) in [5.74, 6) is -0.609. The Morgan fingerprint density at radius 3 is 2.61 bits per heavy atom. The Morgan fingerprint density at radius 2 is 1.90 bits per heavy atom. The van der Waals surface area contributed by atoms with Gasteiger partial charge < -0.3 is 20.4 Å². The minimum Gasteiger partial charge on any atom is -0.385 e. The van der Waals surface area contributed by atoms with Crippen molar-refractivity contribution >= 4 is 46.3 Å². The van der Waals surface area contributed by atoms with E-state index < -0.39 is 0 Å². The average Bonchev–Trinajstić information content (AvgIpc) is 2.71. The number of aryl methyl sites for hydroxylation is 1. The molecule has 0 bridgehead atoms. The first kappa shape index (κ1) is 22.4. The van der Waals surface area contributed by atoms with E-state index in [1.54, 1.807) is 37.4 Å². The number of aromatic amines is 1. The largest absolute Gasteiger partial charge is 0.385 e. The molecule has 3 N–H and O–H groups in total. The van der Waals surface area contributed by atoms with Crippen LogP contribution in [0.2, 0.25) is 0 Å². The smallest absolute Gasteiger partial charge is 0.262 e. The van der Waals surface area contributed by atoms with Gasteiger partial charge in [0.1, 0.15) is 0 Å². The molecule has 0 aliphatic heterocycles. The van der Waals surface area contributed by atoms with Crippen molar-refractivity contribution in [2.45, 2.75) is 26.8 Å². The lowest BCUT2D eigenvalue weighted by molar-refractivity contribution is -0.114. The van der Waals surface area contributed by atoms with Gasteiger partial charge in [0, 0.05) is 32.7 Å². The van der Waals surface area contributed by atoms with Gasteiger partial charge in [0.15, 0.2) is 4.77 Å². The summed E-state index contributed by atoms with van der Waals surface area (Å²) in [7, 11) is 1.60. The zero-order valence-electron chi connectivity index (χ0n) is 17.6. The van der Waals surface area contributed by atoms with E-state index in [2.05, 4.69) is 15.6 Å². The number of H-pyrrole nitrogens is 1. The number of amides is 2. The summed E-state index contributed by atoms with van der Waals surface area (Å²) >= 11 is 5.33. The Labute approximate surface area is 184 Å². The van der Waals surface area contributed by atoms with E-state index in [1.807, 2.05) is 13.0 Å². The zero-order chi connectivity index (χ0) is 22.5. The molecule has 3 rings (SSSR count). The highest BCUT2D eigenvalue weighted by atomic mass is 32.1. The van der Waals surface area contributed by atoms with Gasteiger partial charge in [-0.05, 0) is 61.5 Å². The highest BCUT2D eigenvalue weighted by Crippen LogP contribution is 2.24. The summed E-state index contributed by atoms with van der Waals surface area (Å²) in [5.41, 5.74) is 2.55. The molecule has 162 valence electrons. The minimum atomic E-state index is -0.373. The predicted molar refractivity (Wildman–Crippen MR) is 123 cm³/mol. The molecule has 8 nitrogen and oxygen atoms in total. The first-order valence-corrected chi connectivity index (χ1v) is 10.2. The quantitative estimate of drug-likeness (QED) is 0.384. The number of ether oxygens (including phenoxy) is 1. The van der Waals surface area contributed by atoms with Crippen molar-refractivity contribution in [2.24, 2.45) is 0 Å². The predicted octanol–water partition coefficient (Wildman–Crippen LogP) is 3.61. The fraction of sp³-hybridized carbons (Fsp3) is 0.273. The number of carbonyl (C=O) groups is 2. The number of aromatic nitrogens is 2. The van der Waals surface area contributed by atoms with Crippen LogP contribution in [0.3, 0.4) is 0 Å². The zero-order valence-corrected chi connectivity index (χ0v) is 18.4. The molecule has 0 saturated heterocycles. The third-order valence-corrected chi connectivity index (χ3v) is 5.03. The summed E-state index contributed by atoms with van der Waals surface area (Å²) in [6.45, 7) is 4.26. The normalized spacial score (nSPS) is 10.8. The fourth-order valence-electron chi connectivity index (χ4n) is 3.22. The van der Waals surface area contributed by atoms with E-state index in [4.69, 9.17) is 17.0 Å². The summed E-state index contributed by atoms with van der Waals surface area (Å²) in [6.07, 6.45) is 0.660. The van der Waals surface area contributed by atoms with Crippen molar-refractivity contribution in [1.82, 2.24) is 9.55 Å². The lowest BCUT2D eigenvalue weighted by Gasteiger charge is -2.13. The Balaban J connectivity index is 1.92. The third kappa shape index (κ3) is 5.25. The van der Waals surface area contributed by atoms with Gasteiger partial charge in [-0.3, -0.25) is 19.0 Å². The topological polar surface area (TPSA) is 105 Å². The number of fused-ring (bicyclic) bond motifs is 1. The Hall–Kier alpha value is -3.30. The molecule has 2 amide bonds. The molecule has 0 spiro atoms. The van der Waals surface area contributed by atoms with Crippen molar-refractivity contribution in [2.75, 3.05) is 24.4 Å². The maximum absolute atomic E-state index is 12.9. The fourth-order valence-corrected chi connectivity index (χ4v) is 3.50. The molecule has 2 aromatic carbocycles. The monoisotopic (exact) mass is 440 g/mol. The molecule has 0 fully saturated rings. The van der Waals surface area contributed by atoms with E-state index in [0.29, 0.717) is 47.4 Å². The summed E-state index contributed by atoms with van der Waals surface area (Å²) in [6, 6.07) is 10.1. The van der Waals surface area contributed by atoms with Crippen molar-refractivity contribution in [1.29, 1.82) is 0 Å². The lowest BCUT2D eigenvalue weighted by Crippen LogP contribution is -2.23. The molecule has 1 heterocycles. The van der Waals surface area contributed by atoms with Crippen LogP contribution in [0.25, 0.3) is 10.9 Å². The molecule has 0 radical (unpaired) electrons. The first-order chi connectivity index (χ1) is 14.8. The number of nitrogens with zero attached hydrogens (tertiary/aromatic N) is 1. The van der Waals surface area contributed by atoms with Crippen LogP contribution in [0.4, 0.5) is 11.4 Å².